The summed E-state index contributed by atoms with van der Waals surface area (Å²) in [6.07, 6.45) is 7.53. The van der Waals surface area contributed by atoms with Crippen molar-refractivity contribution in [3.05, 3.63) is 45.9 Å². The second kappa shape index (κ2) is 7.62. The van der Waals surface area contributed by atoms with Gasteiger partial charge in [-0.1, -0.05) is 12.8 Å². The van der Waals surface area contributed by atoms with Crippen LogP contribution in [0.4, 0.5) is 0 Å². The molecule has 0 aliphatic heterocycles. The van der Waals surface area contributed by atoms with E-state index in [1.54, 1.807) is 11.8 Å². The molecular formula is C21H27N3O3. The van der Waals surface area contributed by atoms with Crippen molar-refractivity contribution in [3.8, 4) is 11.4 Å². The second-order valence-electron chi connectivity index (χ2n) is 7.67. The summed E-state index contributed by atoms with van der Waals surface area (Å²) < 4.78 is 6.78. The first kappa shape index (κ1) is 17.9. The highest BCUT2D eigenvalue weighted by Gasteiger charge is 2.28. The van der Waals surface area contributed by atoms with Gasteiger partial charge in [-0.2, -0.15) is 0 Å². The maximum atomic E-state index is 12.9. The van der Waals surface area contributed by atoms with Gasteiger partial charge in [-0.25, -0.2) is 4.68 Å². The Morgan fingerprint density at radius 3 is 2.52 bits per heavy atom. The van der Waals surface area contributed by atoms with Crippen molar-refractivity contribution in [2.24, 2.45) is 5.92 Å². The molecule has 27 heavy (non-hydrogen) atoms. The maximum Gasteiger partial charge on any atom is 0.274 e. The molecule has 1 heterocycles. The van der Waals surface area contributed by atoms with Gasteiger partial charge in [-0.05, 0) is 62.8 Å². The van der Waals surface area contributed by atoms with Crippen LogP contribution in [0.2, 0.25) is 0 Å². The van der Waals surface area contributed by atoms with E-state index in [1.165, 1.54) is 12.8 Å². The van der Waals surface area contributed by atoms with Gasteiger partial charge in [0.15, 0.2) is 0 Å². The van der Waals surface area contributed by atoms with Gasteiger partial charge < -0.3 is 10.1 Å². The Kier molecular flexibility index (Phi) is 5.05. The topological polar surface area (TPSA) is 76.1 Å². The van der Waals surface area contributed by atoms with Crippen molar-refractivity contribution >= 4 is 5.91 Å². The zero-order valence-electron chi connectivity index (χ0n) is 15.8. The van der Waals surface area contributed by atoms with E-state index in [4.69, 9.17) is 4.74 Å². The summed E-state index contributed by atoms with van der Waals surface area (Å²) in [6, 6.07) is 7.78. The van der Waals surface area contributed by atoms with E-state index >= 15 is 0 Å². The van der Waals surface area contributed by atoms with E-state index in [2.05, 4.69) is 10.4 Å². The number of amides is 1. The summed E-state index contributed by atoms with van der Waals surface area (Å²) in [7, 11) is 1.62. The third kappa shape index (κ3) is 3.66. The Morgan fingerprint density at radius 2 is 1.81 bits per heavy atom. The summed E-state index contributed by atoms with van der Waals surface area (Å²) in [6.45, 7) is 0. The van der Waals surface area contributed by atoms with Crippen LogP contribution in [0.3, 0.4) is 0 Å². The van der Waals surface area contributed by atoms with Gasteiger partial charge in [-0.15, -0.1) is 0 Å². The number of fused-ring (bicyclic) bond motifs is 1. The lowest BCUT2D eigenvalue weighted by molar-refractivity contribution is -0.126. The first-order chi connectivity index (χ1) is 13.2. The fourth-order valence-electron chi connectivity index (χ4n) is 4.33. The standard InChI is InChI=1S/C21H27N3O3/c1-27-17-10-8-16(9-11-17)24-21(26)18-12-6-14(7-13-19(18)23-24)20(25)22-15-4-2-3-5-15/h8-11,14-15,23H,2-7,12-13H2,1H3,(H,22,25). The number of aromatic amines is 1. The van der Waals surface area contributed by atoms with Gasteiger partial charge in [0.1, 0.15) is 5.75 Å². The molecule has 2 aromatic rings. The first-order valence-electron chi connectivity index (χ1n) is 9.93. The number of carbonyl (C=O) groups is 1. The van der Waals surface area contributed by atoms with Crippen LogP contribution < -0.4 is 15.6 Å². The van der Waals surface area contributed by atoms with Gasteiger partial charge in [-0.3, -0.25) is 14.7 Å². The van der Waals surface area contributed by atoms with Crippen LogP contribution in [0.25, 0.3) is 5.69 Å². The Morgan fingerprint density at radius 1 is 1.11 bits per heavy atom. The molecule has 6 nitrogen and oxygen atoms in total. The van der Waals surface area contributed by atoms with E-state index in [1.807, 2.05) is 24.3 Å². The predicted molar refractivity (Wildman–Crippen MR) is 103 cm³/mol. The van der Waals surface area contributed by atoms with Crippen LogP contribution >= 0.6 is 0 Å². The predicted octanol–water partition coefficient (Wildman–Crippen LogP) is 2.73. The zero-order chi connectivity index (χ0) is 18.8. The molecule has 0 bridgehead atoms. The molecule has 2 aliphatic carbocycles. The van der Waals surface area contributed by atoms with Crippen LogP contribution in [-0.2, 0) is 17.6 Å². The highest BCUT2D eigenvalue weighted by atomic mass is 16.5. The fourth-order valence-corrected chi connectivity index (χ4v) is 4.33. The lowest BCUT2D eigenvalue weighted by Crippen LogP contribution is -2.37. The van der Waals surface area contributed by atoms with E-state index in [9.17, 15) is 9.59 Å². The summed E-state index contributed by atoms with van der Waals surface area (Å²) in [5.41, 5.74) is 2.57. The van der Waals surface area contributed by atoms with Gasteiger partial charge in [0, 0.05) is 23.2 Å². The lowest BCUT2D eigenvalue weighted by atomic mass is 9.98. The van der Waals surface area contributed by atoms with Crippen LogP contribution in [0.1, 0.15) is 49.8 Å². The number of rotatable bonds is 4. The number of nitrogens with zero attached hydrogens (tertiary/aromatic N) is 1. The quantitative estimate of drug-likeness (QED) is 0.814. The molecule has 1 saturated carbocycles. The lowest BCUT2D eigenvalue weighted by Gasteiger charge is -2.18. The molecule has 2 aliphatic rings. The highest BCUT2D eigenvalue weighted by molar-refractivity contribution is 5.79. The Bertz CT molecular complexity index is 860. The fraction of sp³-hybridized carbons (Fsp3) is 0.524. The summed E-state index contributed by atoms with van der Waals surface area (Å²) in [5, 5.41) is 6.47. The number of benzene rings is 1. The van der Waals surface area contributed by atoms with Crippen molar-refractivity contribution < 1.29 is 9.53 Å². The van der Waals surface area contributed by atoms with E-state index in [0.29, 0.717) is 12.5 Å². The Labute approximate surface area is 158 Å². The van der Waals surface area contributed by atoms with E-state index in [0.717, 1.165) is 54.8 Å². The minimum Gasteiger partial charge on any atom is -0.497 e. The maximum absolute atomic E-state index is 12.9. The Balaban J connectivity index is 1.47. The average Bonchev–Trinajstić information content (AvgIpc) is 3.24. The molecule has 1 atom stereocenters. The smallest absolute Gasteiger partial charge is 0.274 e. The molecule has 1 unspecified atom stereocenters. The normalized spacial score (nSPS) is 20.1. The number of aromatic nitrogens is 2. The second-order valence-corrected chi connectivity index (χ2v) is 7.67. The van der Waals surface area contributed by atoms with Gasteiger partial charge in [0.25, 0.3) is 5.56 Å². The monoisotopic (exact) mass is 369 g/mol. The minimum atomic E-state index is -0.00739. The van der Waals surface area contributed by atoms with Crippen molar-refractivity contribution in [1.82, 2.24) is 15.1 Å². The van der Waals surface area contributed by atoms with Crippen molar-refractivity contribution in [1.29, 1.82) is 0 Å². The Hall–Kier alpha value is -2.50. The molecule has 1 aromatic heterocycles. The summed E-state index contributed by atoms with van der Waals surface area (Å²) in [5.74, 6) is 0.929. The van der Waals surface area contributed by atoms with Gasteiger partial charge in [0.05, 0.1) is 12.8 Å². The molecule has 1 aromatic carbocycles. The molecule has 0 saturated heterocycles. The number of H-pyrrole nitrogens is 1. The molecule has 0 radical (unpaired) electrons. The number of hydrogen-bond acceptors (Lipinski definition) is 3. The molecular weight excluding hydrogens is 342 g/mol. The number of nitrogens with one attached hydrogen (secondary N) is 2. The van der Waals surface area contributed by atoms with Crippen molar-refractivity contribution in [3.63, 3.8) is 0 Å². The largest absolute Gasteiger partial charge is 0.497 e. The molecule has 6 heteroatoms. The summed E-state index contributed by atoms with van der Waals surface area (Å²) >= 11 is 0. The SMILES string of the molecule is COc1ccc(-n2[nH]c3c(c2=O)CCC(C(=O)NC2CCCC2)CC3)cc1. The zero-order valence-corrected chi connectivity index (χ0v) is 15.8. The molecule has 1 amide bonds. The number of aryl methyl sites for hydroxylation is 1. The van der Waals surface area contributed by atoms with Crippen molar-refractivity contribution in [2.45, 2.75) is 57.4 Å². The van der Waals surface area contributed by atoms with E-state index in [-0.39, 0.29) is 17.4 Å². The van der Waals surface area contributed by atoms with Crippen LogP contribution in [0.5, 0.6) is 5.75 Å². The number of carbonyl (C=O) groups excluding carboxylic acids is 1. The third-order valence-electron chi connectivity index (χ3n) is 5.96. The van der Waals surface area contributed by atoms with Gasteiger partial charge >= 0.3 is 0 Å². The highest BCUT2D eigenvalue weighted by Crippen LogP contribution is 2.25. The molecule has 144 valence electrons. The summed E-state index contributed by atoms with van der Waals surface area (Å²) in [4.78, 5) is 25.5. The van der Waals surface area contributed by atoms with E-state index < -0.39 is 0 Å². The average molecular weight is 369 g/mol. The van der Waals surface area contributed by atoms with Crippen molar-refractivity contribution in [2.75, 3.05) is 7.11 Å². The first-order valence-corrected chi connectivity index (χ1v) is 9.93. The molecule has 2 N–H and O–H groups in total. The van der Waals surface area contributed by atoms with Crippen LogP contribution in [-0.4, -0.2) is 28.8 Å². The van der Waals surface area contributed by atoms with Gasteiger partial charge in [0.2, 0.25) is 5.91 Å². The minimum absolute atomic E-state index is 0.000219. The number of ether oxygens (including phenoxy) is 1. The molecule has 4 rings (SSSR count). The van der Waals surface area contributed by atoms with Crippen LogP contribution in [0, 0.1) is 5.92 Å². The number of methoxy groups -OCH3 is 1. The number of hydrogen-bond donors (Lipinski definition) is 2. The third-order valence-corrected chi connectivity index (χ3v) is 5.96. The molecule has 0 spiro atoms. The molecule has 1 fully saturated rings. The van der Waals surface area contributed by atoms with Crippen LogP contribution in [0.15, 0.2) is 29.1 Å².